The van der Waals surface area contributed by atoms with Crippen LogP contribution in [0.4, 0.5) is 5.69 Å². The zero-order valence-electron chi connectivity index (χ0n) is 15.2. The Hall–Kier alpha value is -1.66. The second kappa shape index (κ2) is 8.15. The van der Waals surface area contributed by atoms with E-state index in [0.29, 0.717) is 12.3 Å². The van der Waals surface area contributed by atoms with Gasteiger partial charge < -0.3 is 19.5 Å². The fourth-order valence-electron chi connectivity index (χ4n) is 3.66. The number of hydrogen-bond donors (Lipinski definition) is 1. The molecule has 1 aromatic rings. The van der Waals surface area contributed by atoms with Crippen molar-refractivity contribution in [2.75, 3.05) is 32.2 Å². The summed E-state index contributed by atoms with van der Waals surface area (Å²) in [5.74, 6) is 0.543. The molecule has 138 valence electrons. The maximum Gasteiger partial charge on any atom is 0.227 e. The number of carbonyl (C=O) groups excluding carboxylic acids is 1. The van der Waals surface area contributed by atoms with Gasteiger partial charge in [0.1, 0.15) is 0 Å². The van der Waals surface area contributed by atoms with Gasteiger partial charge in [0.25, 0.3) is 0 Å². The lowest BCUT2D eigenvalue weighted by atomic mass is 9.75. The Morgan fingerprint density at radius 1 is 1.36 bits per heavy atom. The molecule has 1 amide bonds. The zero-order valence-corrected chi connectivity index (χ0v) is 15.2. The lowest BCUT2D eigenvalue weighted by molar-refractivity contribution is -0.128. The highest BCUT2D eigenvalue weighted by Crippen LogP contribution is 2.40. The Morgan fingerprint density at radius 2 is 2.16 bits per heavy atom. The molecule has 0 aromatic carbocycles. The Bertz CT molecular complexity index is 589. The number of methoxy groups -OCH3 is 1. The third kappa shape index (κ3) is 4.50. The minimum atomic E-state index is -0.0189. The molecule has 3 rings (SSSR count). The van der Waals surface area contributed by atoms with Crippen molar-refractivity contribution in [3.05, 3.63) is 17.8 Å². The largest absolute Gasteiger partial charge is 0.481 e. The molecule has 0 saturated carbocycles. The number of rotatable bonds is 5. The third-order valence-electron chi connectivity index (χ3n) is 5.36. The van der Waals surface area contributed by atoms with Crippen LogP contribution in [0.1, 0.15) is 44.7 Å². The number of carbonyl (C=O) groups is 1. The van der Waals surface area contributed by atoms with E-state index in [0.717, 1.165) is 63.3 Å². The standard InChI is InChI=1S/C19H28N2O4/c1-3-15-16(4-5-18(21-15)23-2)20-17(22)12-14-6-7-19(13-25-14)8-10-24-11-9-19/h4-5,14H,3,6-13H2,1-2H3,(H,20,22). The molecule has 2 aliphatic heterocycles. The van der Waals surface area contributed by atoms with Gasteiger partial charge in [-0.15, -0.1) is 0 Å². The van der Waals surface area contributed by atoms with Gasteiger partial charge in [0, 0.05) is 19.3 Å². The van der Waals surface area contributed by atoms with Gasteiger partial charge in [0.05, 0.1) is 37.6 Å². The summed E-state index contributed by atoms with van der Waals surface area (Å²) in [7, 11) is 1.59. The number of anilines is 1. The molecule has 1 atom stereocenters. The van der Waals surface area contributed by atoms with Crippen LogP contribution in [-0.2, 0) is 20.7 Å². The average Bonchev–Trinajstić information content (AvgIpc) is 2.65. The van der Waals surface area contributed by atoms with Crippen LogP contribution in [0.3, 0.4) is 0 Å². The number of hydrogen-bond acceptors (Lipinski definition) is 5. The van der Waals surface area contributed by atoms with Crippen molar-refractivity contribution in [3.8, 4) is 5.88 Å². The first-order valence-corrected chi connectivity index (χ1v) is 9.17. The van der Waals surface area contributed by atoms with Crippen LogP contribution < -0.4 is 10.1 Å². The van der Waals surface area contributed by atoms with E-state index in [2.05, 4.69) is 10.3 Å². The van der Waals surface area contributed by atoms with E-state index < -0.39 is 0 Å². The van der Waals surface area contributed by atoms with E-state index in [1.807, 2.05) is 13.0 Å². The predicted octanol–water partition coefficient (Wildman–Crippen LogP) is 2.96. The van der Waals surface area contributed by atoms with E-state index in [9.17, 15) is 4.79 Å². The van der Waals surface area contributed by atoms with Gasteiger partial charge >= 0.3 is 0 Å². The fourth-order valence-corrected chi connectivity index (χ4v) is 3.66. The number of ether oxygens (including phenoxy) is 3. The molecule has 0 aliphatic carbocycles. The van der Waals surface area contributed by atoms with Crippen LogP contribution in [0.5, 0.6) is 5.88 Å². The SMILES string of the molecule is CCc1nc(OC)ccc1NC(=O)CC1CCC2(CCOCC2)CO1. The molecule has 25 heavy (non-hydrogen) atoms. The summed E-state index contributed by atoms with van der Waals surface area (Å²) >= 11 is 0. The number of pyridine rings is 1. The minimum absolute atomic E-state index is 0.00440. The van der Waals surface area contributed by atoms with Crippen molar-refractivity contribution in [2.24, 2.45) is 5.41 Å². The highest BCUT2D eigenvalue weighted by atomic mass is 16.5. The summed E-state index contributed by atoms with van der Waals surface area (Å²) in [5.41, 5.74) is 1.86. The molecule has 1 aromatic heterocycles. The van der Waals surface area contributed by atoms with Gasteiger partial charge in [-0.2, -0.15) is 0 Å². The van der Waals surface area contributed by atoms with Gasteiger partial charge in [-0.25, -0.2) is 4.98 Å². The number of aromatic nitrogens is 1. The van der Waals surface area contributed by atoms with Crippen LogP contribution >= 0.6 is 0 Å². The van der Waals surface area contributed by atoms with Gasteiger partial charge in [0.15, 0.2) is 0 Å². The van der Waals surface area contributed by atoms with E-state index in [1.54, 1.807) is 13.2 Å². The first-order chi connectivity index (χ1) is 12.1. The Balaban J connectivity index is 1.52. The van der Waals surface area contributed by atoms with E-state index in [1.165, 1.54) is 0 Å². The smallest absolute Gasteiger partial charge is 0.227 e. The molecular weight excluding hydrogens is 320 g/mol. The van der Waals surface area contributed by atoms with Crippen molar-refractivity contribution >= 4 is 11.6 Å². The van der Waals surface area contributed by atoms with E-state index in [4.69, 9.17) is 14.2 Å². The zero-order chi connectivity index (χ0) is 17.7. The first-order valence-electron chi connectivity index (χ1n) is 9.17. The van der Waals surface area contributed by atoms with Crippen LogP contribution in [0.15, 0.2) is 12.1 Å². The molecule has 2 aliphatic rings. The van der Waals surface area contributed by atoms with E-state index in [-0.39, 0.29) is 17.4 Å². The second-order valence-corrected chi connectivity index (χ2v) is 7.04. The highest BCUT2D eigenvalue weighted by molar-refractivity contribution is 5.91. The minimum Gasteiger partial charge on any atom is -0.481 e. The molecule has 1 spiro atoms. The van der Waals surface area contributed by atoms with E-state index >= 15 is 0 Å². The second-order valence-electron chi connectivity index (χ2n) is 7.04. The quantitative estimate of drug-likeness (QED) is 0.886. The summed E-state index contributed by atoms with van der Waals surface area (Å²) in [6, 6.07) is 3.61. The van der Waals surface area contributed by atoms with Gasteiger partial charge in [-0.3, -0.25) is 4.79 Å². The van der Waals surface area contributed by atoms with Crippen molar-refractivity contribution in [3.63, 3.8) is 0 Å². The number of amides is 1. The predicted molar refractivity (Wildman–Crippen MR) is 94.9 cm³/mol. The maximum atomic E-state index is 12.4. The molecular formula is C19H28N2O4. The van der Waals surface area contributed by atoms with Crippen molar-refractivity contribution in [2.45, 2.75) is 51.6 Å². The van der Waals surface area contributed by atoms with Crippen LogP contribution in [-0.4, -0.2) is 43.9 Å². The number of nitrogens with one attached hydrogen (secondary N) is 1. The average molecular weight is 348 g/mol. The van der Waals surface area contributed by atoms with Crippen LogP contribution in [0.25, 0.3) is 0 Å². The molecule has 6 nitrogen and oxygen atoms in total. The molecule has 0 radical (unpaired) electrons. The Kier molecular flexibility index (Phi) is 5.91. The maximum absolute atomic E-state index is 12.4. The molecule has 2 fully saturated rings. The van der Waals surface area contributed by atoms with Crippen LogP contribution in [0, 0.1) is 5.41 Å². The Labute approximate surface area is 149 Å². The molecule has 0 bridgehead atoms. The number of nitrogens with zero attached hydrogens (tertiary/aromatic N) is 1. The summed E-state index contributed by atoms with van der Waals surface area (Å²) in [6.45, 7) is 4.42. The molecule has 2 saturated heterocycles. The molecule has 1 unspecified atom stereocenters. The van der Waals surface area contributed by atoms with Crippen LogP contribution in [0.2, 0.25) is 0 Å². The monoisotopic (exact) mass is 348 g/mol. The van der Waals surface area contributed by atoms with Crippen molar-refractivity contribution in [1.29, 1.82) is 0 Å². The lowest BCUT2D eigenvalue weighted by Gasteiger charge is -2.42. The summed E-state index contributed by atoms with van der Waals surface area (Å²) < 4.78 is 16.6. The first kappa shape index (κ1) is 18.1. The summed E-state index contributed by atoms with van der Waals surface area (Å²) in [5, 5.41) is 2.97. The summed E-state index contributed by atoms with van der Waals surface area (Å²) in [4.78, 5) is 16.8. The topological polar surface area (TPSA) is 69.7 Å². The van der Waals surface area contributed by atoms with Crippen molar-refractivity contribution < 1.29 is 19.0 Å². The Morgan fingerprint density at radius 3 is 2.80 bits per heavy atom. The van der Waals surface area contributed by atoms with Gasteiger partial charge in [-0.1, -0.05) is 6.92 Å². The fraction of sp³-hybridized carbons (Fsp3) is 0.684. The van der Waals surface area contributed by atoms with Gasteiger partial charge in [-0.05, 0) is 43.6 Å². The molecule has 6 heteroatoms. The highest BCUT2D eigenvalue weighted by Gasteiger charge is 2.37. The normalized spacial score (nSPS) is 22.6. The molecule has 1 N–H and O–H groups in total. The van der Waals surface area contributed by atoms with Gasteiger partial charge in [0.2, 0.25) is 11.8 Å². The number of aryl methyl sites for hydroxylation is 1. The third-order valence-corrected chi connectivity index (χ3v) is 5.36. The van der Waals surface area contributed by atoms with Crippen molar-refractivity contribution in [1.82, 2.24) is 4.98 Å². The lowest BCUT2D eigenvalue weighted by Crippen LogP contribution is -2.41. The summed E-state index contributed by atoms with van der Waals surface area (Å²) in [6.07, 6.45) is 5.34. The molecule has 3 heterocycles.